The standard InChI is InChI=1S/C10H11ClN6O2S/c11-7-3-8(10(12)13-4-7)20(18,19)17-2-1-16-6-14-15-9(16)5-17/h3-4,6H,1-2,5H2,(H2,12,13). The summed E-state index contributed by atoms with van der Waals surface area (Å²) in [6.45, 7) is 0.961. The number of sulfonamides is 1. The highest BCUT2D eigenvalue weighted by molar-refractivity contribution is 7.89. The number of anilines is 1. The van der Waals surface area contributed by atoms with Crippen LogP contribution in [0.5, 0.6) is 0 Å². The summed E-state index contributed by atoms with van der Waals surface area (Å²) in [5, 5.41) is 7.87. The molecule has 0 fully saturated rings. The number of aromatic nitrogens is 4. The topological polar surface area (TPSA) is 107 Å². The highest BCUT2D eigenvalue weighted by Crippen LogP contribution is 2.26. The molecule has 2 N–H and O–H groups in total. The minimum absolute atomic E-state index is 0.0681. The largest absolute Gasteiger partial charge is 0.383 e. The summed E-state index contributed by atoms with van der Waals surface area (Å²) in [7, 11) is -3.76. The van der Waals surface area contributed by atoms with Gasteiger partial charge in [-0.2, -0.15) is 4.31 Å². The van der Waals surface area contributed by atoms with Gasteiger partial charge >= 0.3 is 0 Å². The van der Waals surface area contributed by atoms with Gasteiger partial charge in [-0.25, -0.2) is 13.4 Å². The van der Waals surface area contributed by atoms with E-state index in [0.29, 0.717) is 18.9 Å². The van der Waals surface area contributed by atoms with Crippen molar-refractivity contribution in [1.82, 2.24) is 24.1 Å². The summed E-state index contributed by atoms with van der Waals surface area (Å²) >= 11 is 5.80. The van der Waals surface area contributed by atoms with E-state index in [9.17, 15) is 8.42 Å². The van der Waals surface area contributed by atoms with Gasteiger partial charge in [0.2, 0.25) is 10.0 Å². The van der Waals surface area contributed by atoms with Gasteiger partial charge in [0, 0.05) is 19.3 Å². The quantitative estimate of drug-likeness (QED) is 0.843. The average Bonchev–Trinajstić information content (AvgIpc) is 2.88. The fourth-order valence-electron chi connectivity index (χ4n) is 2.03. The maximum Gasteiger partial charge on any atom is 0.247 e. The van der Waals surface area contributed by atoms with E-state index in [-0.39, 0.29) is 22.3 Å². The molecule has 20 heavy (non-hydrogen) atoms. The van der Waals surface area contributed by atoms with Crippen LogP contribution in [-0.4, -0.2) is 39.0 Å². The first-order chi connectivity index (χ1) is 9.48. The van der Waals surface area contributed by atoms with Crippen molar-refractivity contribution in [2.75, 3.05) is 12.3 Å². The molecule has 0 amide bonds. The molecule has 106 valence electrons. The maximum absolute atomic E-state index is 12.6. The van der Waals surface area contributed by atoms with Crippen LogP contribution in [0.4, 0.5) is 5.82 Å². The van der Waals surface area contributed by atoms with E-state index >= 15 is 0 Å². The summed E-state index contributed by atoms with van der Waals surface area (Å²) in [5.41, 5.74) is 5.65. The number of fused-ring (bicyclic) bond motifs is 1. The summed E-state index contributed by atoms with van der Waals surface area (Å²) in [5.74, 6) is 0.523. The minimum Gasteiger partial charge on any atom is -0.383 e. The Morgan fingerprint density at radius 2 is 2.15 bits per heavy atom. The molecule has 8 nitrogen and oxygen atoms in total. The van der Waals surface area contributed by atoms with Gasteiger partial charge in [0.05, 0.1) is 11.6 Å². The van der Waals surface area contributed by atoms with Gasteiger partial charge in [0.1, 0.15) is 22.9 Å². The molecule has 0 unspecified atom stereocenters. The highest BCUT2D eigenvalue weighted by Gasteiger charge is 2.31. The second-order valence-electron chi connectivity index (χ2n) is 4.32. The molecule has 0 aromatic carbocycles. The normalized spacial score (nSPS) is 16.1. The number of pyridine rings is 1. The third kappa shape index (κ3) is 2.13. The van der Waals surface area contributed by atoms with Gasteiger partial charge < -0.3 is 10.3 Å². The highest BCUT2D eigenvalue weighted by atomic mass is 35.5. The second-order valence-corrected chi connectivity index (χ2v) is 6.66. The number of rotatable bonds is 2. The van der Waals surface area contributed by atoms with Crippen molar-refractivity contribution in [1.29, 1.82) is 0 Å². The molecule has 3 rings (SSSR count). The molecule has 0 atom stereocenters. The smallest absolute Gasteiger partial charge is 0.247 e. The van der Waals surface area contributed by atoms with Crippen LogP contribution < -0.4 is 5.73 Å². The third-order valence-corrected chi connectivity index (χ3v) is 5.15. The van der Waals surface area contributed by atoms with Gasteiger partial charge in [0.15, 0.2) is 0 Å². The first-order valence-electron chi connectivity index (χ1n) is 5.76. The molecule has 2 aromatic rings. The monoisotopic (exact) mass is 314 g/mol. The van der Waals surface area contributed by atoms with Crippen molar-refractivity contribution in [2.24, 2.45) is 0 Å². The molecule has 1 aliphatic rings. The summed E-state index contributed by atoms with van der Waals surface area (Å²) in [6.07, 6.45) is 2.89. The van der Waals surface area contributed by atoms with Crippen LogP contribution in [0.25, 0.3) is 0 Å². The molecule has 3 heterocycles. The van der Waals surface area contributed by atoms with Gasteiger partial charge in [-0.1, -0.05) is 11.6 Å². The lowest BCUT2D eigenvalue weighted by Gasteiger charge is -2.26. The van der Waals surface area contributed by atoms with Gasteiger partial charge in [0.25, 0.3) is 0 Å². The summed E-state index contributed by atoms with van der Waals surface area (Å²) in [4.78, 5) is 3.70. The average molecular weight is 315 g/mol. The lowest BCUT2D eigenvalue weighted by Crippen LogP contribution is -2.38. The number of nitrogen functional groups attached to an aromatic ring is 1. The fraction of sp³-hybridized carbons (Fsp3) is 0.300. The van der Waals surface area contributed by atoms with E-state index in [4.69, 9.17) is 17.3 Å². The molecule has 10 heteroatoms. The Bertz CT molecular complexity index is 759. The van der Waals surface area contributed by atoms with E-state index < -0.39 is 10.0 Å². The van der Waals surface area contributed by atoms with Crippen LogP contribution in [0.15, 0.2) is 23.5 Å². The lowest BCUT2D eigenvalue weighted by molar-refractivity contribution is 0.335. The van der Waals surface area contributed by atoms with Crippen LogP contribution in [0.1, 0.15) is 5.82 Å². The molecule has 0 radical (unpaired) electrons. The fourth-order valence-corrected chi connectivity index (χ4v) is 3.73. The van der Waals surface area contributed by atoms with Crippen LogP contribution in [0.2, 0.25) is 5.02 Å². The molecular formula is C10H11ClN6O2S. The first-order valence-corrected chi connectivity index (χ1v) is 7.58. The van der Waals surface area contributed by atoms with Crippen molar-refractivity contribution >= 4 is 27.4 Å². The lowest BCUT2D eigenvalue weighted by atomic mass is 10.4. The van der Waals surface area contributed by atoms with Crippen molar-refractivity contribution < 1.29 is 8.42 Å². The Balaban J connectivity index is 1.99. The zero-order valence-corrected chi connectivity index (χ0v) is 11.8. The van der Waals surface area contributed by atoms with Gasteiger partial charge in [-0.05, 0) is 6.07 Å². The number of halogens is 1. The van der Waals surface area contributed by atoms with Crippen molar-refractivity contribution in [3.8, 4) is 0 Å². The predicted molar refractivity (Wildman–Crippen MR) is 71.3 cm³/mol. The van der Waals surface area contributed by atoms with Crippen LogP contribution in [-0.2, 0) is 23.1 Å². The van der Waals surface area contributed by atoms with Crippen LogP contribution in [0.3, 0.4) is 0 Å². The molecular weight excluding hydrogens is 304 g/mol. The maximum atomic E-state index is 12.6. The molecule has 0 aliphatic carbocycles. The SMILES string of the molecule is Nc1ncc(Cl)cc1S(=O)(=O)N1CCn2cnnc2C1. The zero-order chi connectivity index (χ0) is 14.3. The van der Waals surface area contributed by atoms with Crippen LogP contribution in [0, 0.1) is 0 Å². The Labute approximate surface area is 120 Å². The van der Waals surface area contributed by atoms with Crippen molar-refractivity contribution in [3.63, 3.8) is 0 Å². The van der Waals surface area contributed by atoms with E-state index in [1.807, 2.05) is 4.57 Å². The van der Waals surface area contributed by atoms with E-state index in [1.54, 1.807) is 6.33 Å². The van der Waals surface area contributed by atoms with Crippen LogP contribution >= 0.6 is 11.6 Å². The second kappa shape index (κ2) is 4.69. The minimum atomic E-state index is -3.76. The Hall–Kier alpha value is -1.71. The van der Waals surface area contributed by atoms with E-state index in [0.717, 1.165) is 0 Å². The summed E-state index contributed by atoms with van der Waals surface area (Å²) in [6, 6.07) is 1.30. The number of hydrogen-bond acceptors (Lipinski definition) is 6. The molecule has 2 aromatic heterocycles. The van der Waals surface area contributed by atoms with Gasteiger partial charge in [-0.3, -0.25) is 0 Å². The predicted octanol–water partition coefficient (Wildman–Crippen LogP) is 0.113. The molecule has 0 saturated carbocycles. The molecule has 0 spiro atoms. The van der Waals surface area contributed by atoms with Gasteiger partial charge in [-0.15, -0.1) is 10.2 Å². The number of nitrogens with two attached hydrogens (primary N) is 1. The molecule has 1 aliphatic heterocycles. The Morgan fingerprint density at radius 3 is 2.95 bits per heavy atom. The summed E-state index contributed by atoms with van der Waals surface area (Å²) < 4.78 is 28.3. The number of hydrogen-bond donors (Lipinski definition) is 1. The van der Waals surface area contributed by atoms with Crippen molar-refractivity contribution in [3.05, 3.63) is 29.4 Å². The van der Waals surface area contributed by atoms with E-state index in [1.165, 1.54) is 16.6 Å². The molecule has 0 bridgehead atoms. The van der Waals surface area contributed by atoms with Crippen molar-refractivity contribution in [2.45, 2.75) is 18.0 Å². The Morgan fingerprint density at radius 1 is 1.35 bits per heavy atom. The number of nitrogens with zero attached hydrogens (tertiary/aromatic N) is 5. The van der Waals surface area contributed by atoms with E-state index in [2.05, 4.69) is 15.2 Å². The zero-order valence-electron chi connectivity index (χ0n) is 10.3. The Kier molecular flexibility index (Phi) is 3.11. The molecule has 0 saturated heterocycles. The third-order valence-electron chi connectivity index (χ3n) is 3.07. The first kappa shape index (κ1) is 13.3.